The molecule has 0 radical (unpaired) electrons. The first-order valence-corrected chi connectivity index (χ1v) is 9.90. The van der Waals surface area contributed by atoms with Gasteiger partial charge in [-0.2, -0.15) is 0 Å². The topological polar surface area (TPSA) is 75.7 Å². The quantitative estimate of drug-likeness (QED) is 0.748. The van der Waals surface area contributed by atoms with E-state index in [1.54, 1.807) is 12.1 Å². The molecule has 2 amide bonds. The third kappa shape index (κ3) is 5.14. The van der Waals surface area contributed by atoms with Crippen molar-refractivity contribution in [3.63, 3.8) is 0 Å². The number of nitrogens with one attached hydrogen (secondary N) is 1. The number of likely N-dealkylation sites (tertiary alicyclic amines) is 1. The molecule has 1 N–H and O–H groups in total. The molecule has 1 saturated heterocycles. The lowest BCUT2D eigenvalue weighted by atomic mass is 9.94. The van der Waals surface area contributed by atoms with Crippen molar-refractivity contribution in [1.82, 2.24) is 4.90 Å². The van der Waals surface area contributed by atoms with Crippen LogP contribution in [0, 0.1) is 5.92 Å². The molecular weight excluding hydrogens is 391 g/mol. The van der Waals surface area contributed by atoms with E-state index in [2.05, 4.69) is 5.32 Å². The van der Waals surface area contributed by atoms with Gasteiger partial charge in [-0.15, -0.1) is 0 Å². The third-order valence-corrected chi connectivity index (χ3v) is 5.80. The molecule has 2 aliphatic rings. The number of halogens is 2. The summed E-state index contributed by atoms with van der Waals surface area (Å²) in [7, 11) is 0. The summed E-state index contributed by atoms with van der Waals surface area (Å²) in [6.45, 7) is -0.0239. The summed E-state index contributed by atoms with van der Waals surface area (Å²) in [4.78, 5) is 38.3. The van der Waals surface area contributed by atoms with Crippen LogP contribution < -0.4 is 5.32 Å². The highest BCUT2D eigenvalue weighted by Crippen LogP contribution is 2.29. The minimum absolute atomic E-state index is 0.00380. The van der Waals surface area contributed by atoms with E-state index in [-0.39, 0.29) is 18.4 Å². The second-order valence-corrected chi connectivity index (χ2v) is 7.84. The Labute approximate surface area is 168 Å². The number of carbonyl (C=O) groups is 3. The molecule has 1 saturated carbocycles. The molecule has 0 unspecified atom stereocenters. The van der Waals surface area contributed by atoms with Crippen molar-refractivity contribution in [2.75, 3.05) is 18.5 Å². The number of hydrogen-bond acceptors (Lipinski definition) is 4. The molecule has 1 atom stereocenters. The Balaban J connectivity index is 1.46. The van der Waals surface area contributed by atoms with E-state index in [1.165, 1.54) is 12.5 Å². The van der Waals surface area contributed by atoms with Gasteiger partial charge in [0.25, 0.3) is 5.91 Å². The van der Waals surface area contributed by atoms with Crippen LogP contribution in [0.3, 0.4) is 0 Å². The molecule has 8 heteroatoms. The third-order valence-electron chi connectivity index (χ3n) is 5.06. The maximum atomic E-state index is 12.3. The Morgan fingerprint density at radius 1 is 1.15 bits per heavy atom. The standard InChI is InChI=1S/C19H22Cl2N2O4/c20-15-7-6-13(9-16(15)21)22-17(24)11-27-19(26)12-8-18(25)23(10-12)14-4-2-1-3-5-14/h6-7,9,12,14H,1-5,8,10-11H2,(H,22,24)/t12-/m0/s1. The van der Waals surface area contributed by atoms with Gasteiger partial charge in [0.15, 0.2) is 6.61 Å². The monoisotopic (exact) mass is 412 g/mol. The number of ether oxygens (including phenoxy) is 1. The maximum absolute atomic E-state index is 12.3. The fourth-order valence-electron chi connectivity index (χ4n) is 3.66. The molecule has 2 fully saturated rings. The van der Waals surface area contributed by atoms with Crippen molar-refractivity contribution in [1.29, 1.82) is 0 Å². The summed E-state index contributed by atoms with van der Waals surface area (Å²) in [6, 6.07) is 4.92. The lowest BCUT2D eigenvalue weighted by molar-refractivity contribution is -0.151. The molecule has 27 heavy (non-hydrogen) atoms. The Morgan fingerprint density at radius 2 is 1.89 bits per heavy atom. The number of hydrogen-bond donors (Lipinski definition) is 1. The van der Waals surface area contributed by atoms with Gasteiger partial charge < -0.3 is 15.0 Å². The van der Waals surface area contributed by atoms with Gasteiger partial charge in [-0.25, -0.2) is 0 Å². The van der Waals surface area contributed by atoms with Gasteiger partial charge in [0.2, 0.25) is 5.91 Å². The highest BCUT2D eigenvalue weighted by molar-refractivity contribution is 6.42. The summed E-state index contributed by atoms with van der Waals surface area (Å²) in [6.07, 6.45) is 5.61. The van der Waals surface area contributed by atoms with E-state index in [0.29, 0.717) is 22.3 Å². The van der Waals surface area contributed by atoms with Crippen LogP contribution in [0.25, 0.3) is 0 Å². The smallest absolute Gasteiger partial charge is 0.311 e. The molecule has 146 valence electrons. The Kier molecular flexibility index (Phi) is 6.60. The van der Waals surface area contributed by atoms with Crippen LogP contribution >= 0.6 is 23.2 Å². The van der Waals surface area contributed by atoms with Crippen molar-refractivity contribution in [2.24, 2.45) is 5.92 Å². The predicted molar refractivity (Wildman–Crippen MR) is 103 cm³/mol. The van der Waals surface area contributed by atoms with Crippen LogP contribution in [0.1, 0.15) is 38.5 Å². The Bertz CT molecular complexity index is 734. The zero-order chi connectivity index (χ0) is 19.4. The fourth-order valence-corrected chi connectivity index (χ4v) is 3.96. The van der Waals surface area contributed by atoms with Gasteiger partial charge in [-0.05, 0) is 31.0 Å². The minimum Gasteiger partial charge on any atom is -0.455 e. The van der Waals surface area contributed by atoms with E-state index >= 15 is 0 Å². The number of nitrogens with zero attached hydrogens (tertiary/aromatic N) is 1. The predicted octanol–water partition coefficient (Wildman–Crippen LogP) is 3.66. The number of carbonyl (C=O) groups excluding carboxylic acids is 3. The van der Waals surface area contributed by atoms with Gasteiger partial charge in [0.05, 0.1) is 16.0 Å². The van der Waals surface area contributed by atoms with Crippen LogP contribution in [0.4, 0.5) is 5.69 Å². The number of esters is 1. The van der Waals surface area contributed by atoms with Crippen LogP contribution in [-0.4, -0.2) is 41.9 Å². The first-order chi connectivity index (χ1) is 12.9. The van der Waals surface area contributed by atoms with Crippen molar-refractivity contribution in [3.8, 4) is 0 Å². The van der Waals surface area contributed by atoms with Crippen molar-refractivity contribution < 1.29 is 19.1 Å². The average Bonchev–Trinajstić information content (AvgIpc) is 3.05. The molecule has 1 aliphatic heterocycles. The molecule has 6 nitrogen and oxygen atoms in total. The summed E-state index contributed by atoms with van der Waals surface area (Å²) in [5.41, 5.74) is 0.463. The van der Waals surface area contributed by atoms with Crippen LogP contribution in [0.2, 0.25) is 10.0 Å². The Hall–Kier alpha value is -1.79. The van der Waals surface area contributed by atoms with Crippen molar-refractivity contribution in [3.05, 3.63) is 28.2 Å². The van der Waals surface area contributed by atoms with Gasteiger partial charge in [-0.3, -0.25) is 14.4 Å². The zero-order valence-corrected chi connectivity index (χ0v) is 16.4. The van der Waals surface area contributed by atoms with E-state index in [1.807, 2.05) is 4.90 Å². The molecule has 1 aromatic rings. The normalized spacial score (nSPS) is 20.6. The molecule has 1 heterocycles. The van der Waals surface area contributed by atoms with Gasteiger partial charge >= 0.3 is 5.97 Å². The van der Waals surface area contributed by atoms with Crippen molar-refractivity contribution >= 4 is 46.7 Å². The van der Waals surface area contributed by atoms with Crippen LogP contribution in [-0.2, 0) is 19.1 Å². The molecule has 0 aromatic heterocycles. The summed E-state index contributed by atoms with van der Waals surface area (Å²) < 4.78 is 5.11. The first kappa shape index (κ1) is 20.0. The molecule has 3 rings (SSSR count). The molecule has 0 spiro atoms. The van der Waals surface area contributed by atoms with Crippen molar-refractivity contribution in [2.45, 2.75) is 44.6 Å². The van der Waals surface area contributed by atoms with E-state index < -0.39 is 24.4 Å². The lowest BCUT2D eigenvalue weighted by Gasteiger charge is -2.31. The van der Waals surface area contributed by atoms with E-state index in [0.717, 1.165) is 25.7 Å². The number of benzene rings is 1. The second-order valence-electron chi connectivity index (χ2n) is 7.02. The van der Waals surface area contributed by atoms with Gasteiger partial charge in [0, 0.05) is 24.7 Å². The Morgan fingerprint density at radius 3 is 2.59 bits per heavy atom. The largest absolute Gasteiger partial charge is 0.455 e. The fraction of sp³-hybridized carbons (Fsp3) is 0.526. The molecular formula is C19H22Cl2N2O4. The minimum atomic E-state index is -0.508. The number of amides is 2. The molecule has 0 bridgehead atoms. The number of rotatable bonds is 5. The van der Waals surface area contributed by atoms with Crippen LogP contribution in [0.15, 0.2) is 18.2 Å². The van der Waals surface area contributed by atoms with E-state index in [4.69, 9.17) is 27.9 Å². The highest BCUT2D eigenvalue weighted by atomic mass is 35.5. The SMILES string of the molecule is O=C(COC(=O)[C@H]1CC(=O)N(C2CCCCC2)C1)Nc1ccc(Cl)c(Cl)c1. The van der Waals surface area contributed by atoms with Gasteiger partial charge in [-0.1, -0.05) is 42.5 Å². The van der Waals surface area contributed by atoms with Gasteiger partial charge in [0.1, 0.15) is 0 Å². The maximum Gasteiger partial charge on any atom is 0.311 e. The first-order valence-electron chi connectivity index (χ1n) is 9.15. The second kappa shape index (κ2) is 8.93. The highest BCUT2D eigenvalue weighted by Gasteiger charge is 2.39. The summed E-state index contributed by atoms with van der Waals surface area (Å²) in [5, 5.41) is 3.29. The summed E-state index contributed by atoms with van der Waals surface area (Å²) in [5.74, 6) is -1.48. The number of anilines is 1. The van der Waals surface area contributed by atoms with E-state index in [9.17, 15) is 14.4 Å². The lowest BCUT2D eigenvalue weighted by Crippen LogP contribution is -2.38. The molecule has 1 aliphatic carbocycles. The van der Waals surface area contributed by atoms with Crippen LogP contribution in [0.5, 0.6) is 0 Å². The average molecular weight is 413 g/mol. The molecule has 1 aromatic carbocycles. The zero-order valence-electron chi connectivity index (χ0n) is 14.9. The summed E-state index contributed by atoms with van der Waals surface area (Å²) >= 11 is 11.7.